The molecule has 3 rings (SSSR count). The number of anilines is 1. The molecule has 1 saturated heterocycles. The number of halogens is 1. The Morgan fingerprint density at radius 2 is 2.25 bits per heavy atom. The third kappa shape index (κ3) is 3.25. The topological polar surface area (TPSA) is 41.6 Å². The standard InChI is InChI=1S/C15H20N2O2.ClH/c18-15(8-7-12-4-3-9-16-12)17-10-11-19-14-6-2-1-5-13(14)17;/h1-2,5-6,12,16H,3-4,7-11H2;1H. The van der Waals surface area contributed by atoms with Crippen LogP contribution in [0.25, 0.3) is 0 Å². The predicted octanol–water partition coefficient (Wildman–Crippen LogP) is 2.37. The van der Waals surface area contributed by atoms with Crippen molar-refractivity contribution in [1.82, 2.24) is 5.32 Å². The number of fused-ring (bicyclic) bond motifs is 1. The van der Waals surface area contributed by atoms with Gasteiger partial charge in [0.25, 0.3) is 0 Å². The maximum absolute atomic E-state index is 12.4. The minimum atomic E-state index is 0. The number of carbonyl (C=O) groups is 1. The highest BCUT2D eigenvalue weighted by atomic mass is 35.5. The van der Waals surface area contributed by atoms with E-state index < -0.39 is 0 Å². The number of benzene rings is 1. The summed E-state index contributed by atoms with van der Waals surface area (Å²) in [5, 5.41) is 3.44. The normalized spacial score (nSPS) is 20.8. The van der Waals surface area contributed by atoms with E-state index in [-0.39, 0.29) is 18.3 Å². The van der Waals surface area contributed by atoms with E-state index in [0.717, 1.165) is 24.4 Å². The summed E-state index contributed by atoms with van der Waals surface area (Å²) in [5.74, 6) is 1.03. The first-order valence-corrected chi connectivity index (χ1v) is 7.10. The van der Waals surface area contributed by atoms with Crippen molar-refractivity contribution in [3.63, 3.8) is 0 Å². The van der Waals surface area contributed by atoms with E-state index in [1.807, 2.05) is 29.2 Å². The van der Waals surface area contributed by atoms with Gasteiger partial charge in [-0.05, 0) is 37.9 Å². The molecule has 0 spiro atoms. The van der Waals surface area contributed by atoms with Crippen LogP contribution in [0.2, 0.25) is 0 Å². The second kappa shape index (κ2) is 6.95. The van der Waals surface area contributed by atoms with Gasteiger partial charge in [0.15, 0.2) is 0 Å². The molecule has 1 fully saturated rings. The number of carbonyl (C=O) groups excluding carboxylic acids is 1. The Labute approximate surface area is 125 Å². The van der Waals surface area contributed by atoms with Crippen molar-refractivity contribution in [3.05, 3.63) is 24.3 Å². The Morgan fingerprint density at radius 1 is 1.40 bits per heavy atom. The largest absolute Gasteiger partial charge is 0.490 e. The zero-order chi connectivity index (χ0) is 13.1. The first-order valence-electron chi connectivity index (χ1n) is 7.10. The van der Waals surface area contributed by atoms with Crippen molar-refractivity contribution in [2.75, 3.05) is 24.6 Å². The molecule has 1 atom stereocenters. The van der Waals surface area contributed by atoms with Gasteiger partial charge in [-0.2, -0.15) is 0 Å². The molecule has 1 aromatic carbocycles. The molecule has 2 aliphatic rings. The number of hydrogen-bond donors (Lipinski definition) is 1. The summed E-state index contributed by atoms with van der Waals surface area (Å²) < 4.78 is 5.58. The van der Waals surface area contributed by atoms with Gasteiger partial charge in [-0.1, -0.05) is 12.1 Å². The van der Waals surface area contributed by atoms with Crippen LogP contribution in [0.1, 0.15) is 25.7 Å². The van der Waals surface area contributed by atoms with Crippen molar-refractivity contribution in [3.8, 4) is 5.75 Å². The molecule has 0 aliphatic carbocycles. The van der Waals surface area contributed by atoms with Gasteiger partial charge in [-0.3, -0.25) is 4.79 Å². The lowest BCUT2D eigenvalue weighted by Gasteiger charge is -2.29. The summed E-state index contributed by atoms with van der Waals surface area (Å²) >= 11 is 0. The van der Waals surface area contributed by atoms with E-state index >= 15 is 0 Å². The highest BCUT2D eigenvalue weighted by Crippen LogP contribution is 2.31. The van der Waals surface area contributed by atoms with Crippen molar-refractivity contribution in [2.24, 2.45) is 0 Å². The van der Waals surface area contributed by atoms with E-state index in [1.165, 1.54) is 12.8 Å². The van der Waals surface area contributed by atoms with Crippen LogP contribution >= 0.6 is 12.4 Å². The number of amides is 1. The maximum atomic E-state index is 12.4. The molecule has 20 heavy (non-hydrogen) atoms. The molecule has 0 radical (unpaired) electrons. The third-order valence-corrected chi connectivity index (χ3v) is 3.90. The smallest absolute Gasteiger partial charge is 0.227 e. The maximum Gasteiger partial charge on any atom is 0.227 e. The van der Waals surface area contributed by atoms with Gasteiger partial charge in [0, 0.05) is 12.5 Å². The average molecular weight is 297 g/mol. The quantitative estimate of drug-likeness (QED) is 0.931. The average Bonchev–Trinajstić information content (AvgIpc) is 2.97. The highest BCUT2D eigenvalue weighted by Gasteiger charge is 2.24. The van der Waals surface area contributed by atoms with Crippen LogP contribution in [0, 0.1) is 0 Å². The molecule has 1 N–H and O–H groups in total. The first-order chi connectivity index (χ1) is 9.34. The van der Waals surface area contributed by atoms with Gasteiger partial charge in [-0.15, -0.1) is 12.4 Å². The van der Waals surface area contributed by atoms with E-state index in [0.29, 0.717) is 25.6 Å². The SMILES string of the molecule is Cl.O=C(CCC1CCCN1)N1CCOc2ccccc21. The molecule has 110 valence electrons. The van der Waals surface area contributed by atoms with Crippen molar-refractivity contribution < 1.29 is 9.53 Å². The molecule has 0 bridgehead atoms. The highest BCUT2D eigenvalue weighted by molar-refractivity contribution is 5.95. The van der Waals surface area contributed by atoms with E-state index in [2.05, 4.69) is 5.32 Å². The molecule has 2 heterocycles. The van der Waals surface area contributed by atoms with Gasteiger partial charge in [0.2, 0.25) is 5.91 Å². The fourth-order valence-corrected chi connectivity index (χ4v) is 2.86. The van der Waals surface area contributed by atoms with Crippen LogP contribution in [0.4, 0.5) is 5.69 Å². The Morgan fingerprint density at radius 3 is 3.05 bits per heavy atom. The zero-order valence-electron chi connectivity index (χ0n) is 11.5. The number of nitrogens with one attached hydrogen (secondary N) is 1. The molecule has 0 saturated carbocycles. The van der Waals surface area contributed by atoms with Crippen LogP contribution in [-0.4, -0.2) is 31.6 Å². The number of para-hydroxylation sites is 2. The monoisotopic (exact) mass is 296 g/mol. The fraction of sp³-hybridized carbons (Fsp3) is 0.533. The zero-order valence-corrected chi connectivity index (χ0v) is 12.3. The third-order valence-electron chi connectivity index (χ3n) is 3.90. The van der Waals surface area contributed by atoms with Crippen LogP contribution in [0.15, 0.2) is 24.3 Å². The molecular weight excluding hydrogens is 276 g/mol. The van der Waals surface area contributed by atoms with Crippen molar-refractivity contribution in [1.29, 1.82) is 0 Å². The number of ether oxygens (including phenoxy) is 1. The summed E-state index contributed by atoms with van der Waals surface area (Å²) in [6.45, 7) is 2.34. The molecule has 1 aromatic rings. The number of nitrogens with zero attached hydrogens (tertiary/aromatic N) is 1. The molecule has 1 unspecified atom stereocenters. The molecule has 5 heteroatoms. The second-order valence-electron chi connectivity index (χ2n) is 5.19. The lowest BCUT2D eigenvalue weighted by Crippen LogP contribution is -2.38. The van der Waals surface area contributed by atoms with E-state index in [4.69, 9.17) is 4.74 Å². The molecular formula is C15H21ClN2O2. The van der Waals surface area contributed by atoms with Gasteiger partial charge in [-0.25, -0.2) is 0 Å². The number of hydrogen-bond acceptors (Lipinski definition) is 3. The van der Waals surface area contributed by atoms with Crippen LogP contribution in [0.5, 0.6) is 5.75 Å². The first kappa shape index (κ1) is 15.1. The number of rotatable bonds is 3. The Balaban J connectivity index is 0.00000147. The molecule has 2 aliphatic heterocycles. The lowest BCUT2D eigenvalue weighted by molar-refractivity contribution is -0.119. The summed E-state index contributed by atoms with van der Waals surface area (Å²) in [6, 6.07) is 8.30. The van der Waals surface area contributed by atoms with Crippen molar-refractivity contribution in [2.45, 2.75) is 31.7 Å². The van der Waals surface area contributed by atoms with Crippen LogP contribution in [0.3, 0.4) is 0 Å². The Hall–Kier alpha value is -1.26. The molecule has 0 aromatic heterocycles. The molecule has 1 amide bonds. The van der Waals surface area contributed by atoms with Crippen molar-refractivity contribution >= 4 is 24.0 Å². The molecule has 4 nitrogen and oxygen atoms in total. The minimum Gasteiger partial charge on any atom is -0.490 e. The predicted molar refractivity (Wildman–Crippen MR) is 81.8 cm³/mol. The summed E-state index contributed by atoms with van der Waals surface area (Å²) in [7, 11) is 0. The lowest BCUT2D eigenvalue weighted by atomic mass is 10.1. The van der Waals surface area contributed by atoms with Gasteiger partial charge >= 0.3 is 0 Å². The second-order valence-corrected chi connectivity index (χ2v) is 5.19. The van der Waals surface area contributed by atoms with Gasteiger partial charge in [0.05, 0.1) is 12.2 Å². The van der Waals surface area contributed by atoms with Crippen LogP contribution in [-0.2, 0) is 4.79 Å². The Kier molecular flexibility index (Phi) is 5.26. The minimum absolute atomic E-state index is 0. The van der Waals surface area contributed by atoms with E-state index in [1.54, 1.807) is 0 Å². The summed E-state index contributed by atoms with van der Waals surface area (Å²) in [6.07, 6.45) is 4.00. The fourth-order valence-electron chi connectivity index (χ4n) is 2.86. The van der Waals surface area contributed by atoms with Gasteiger partial charge < -0.3 is 15.0 Å². The van der Waals surface area contributed by atoms with Crippen LogP contribution < -0.4 is 15.0 Å². The Bertz CT molecular complexity index is 461. The van der Waals surface area contributed by atoms with E-state index in [9.17, 15) is 4.79 Å². The summed E-state index contributed by atoms with van der Waals surface area (Å²) in [4.78, 5) is 14.2. The van der Waals surface area contributed by atoms with Gasteiger partial charge in [0.1, 0.15) is 12.4 Å². The summed E-state index contributed by atoms with van der Waals surface area (Å²) in [5.41, 5.74) is 0.915.